The van der Waals surface area contributed by atoms with Gasteiger partial charge in [-0.2, -0.15) is 18.2 Å². The Labute approximate surface area is 208 Å². The molecule has 1 fully saturated rings. The van der Waals surface area contributed by atoms with E-state index in [0.717, 1.165) is 30.5 Å². The van der Waals surface area contributed by atoms with Crippen LogP contribution in [0.4, 0.5) is 24.8 Å². The van der Waals surface area contributed by atoms with Crippen molar-refractivity contribution in [3.8, 4) is 0 Å². The molecule has 3 aromatic rings. The van der Waals surface area contributed by atoms with Gasteiger partial charge in [0.15, 0.2) is 5.82 Å². The first-order valence-electron chi connectivity index (χ1n) is 12.0. The molecule has 0 saturated carbocycles. The SMILES string of the molecule is [C-]#[N+]c1ccc2c(n1)c(N1CC(CCC)N(C(C)c3ccc(C(F)(F)F)cc3)CC1C)nc(=O)n2C. The average Bonchev–Trinajstić information content (AvgIpc) is 2.86. The molecule has 0 radical (unpaired) electrons. The first kappa shape index (κ1) is 25.6. The van der Waals surface area contributed by atoms with Gasteiger partial charge in [0.25, 0.3) is 5.82 Å². The first-order valence-corrected chi connectivity index (χ1v) is 12.0. The monoisotopic (exact) mass is 498 g/mol. The molecule has 0 aliphatic carbocycles. The molecule has 3 heterocycles. The van der Waals surface area contributed by atoms with Crippen molar-refractivity contribution in [1.82, 2.24) is 19.4 Å². The quantitative estimate of drug-likeness (QED) is 0.445. The molecule has 0 bridgehead atoms. The minimum Gasteiger partial charge on any atom is -0.361 e. The van der Waals surface area contributed by atoms with Crippen LogP contribution in [0.2, 0.25) is 0 Å². The van der Waals surface area contributed by atoms with Crippen molar-refractivity contribution in [2.24, 2.45) is 7.05 Å². The van der Waals surface area contributed by atoms with Crippen molar-refractivity contribution < 1.29 is 13.2 Å². The molecule has 3 atom stereocenters. The number of nitrogens with zero attached hydrogens (tertiary/aromatic N) is 6. The van der Waals surface area contributed by atoms with Crippen molar-refractivity contribution >= 4 is 22.7 Å². The molecule has 1 aliphatic rings. The molecule has 1 saturated heterocycles. The number of aromatic nitrogens is 3. The van der Waals surface area contributed by atoms with E-state index in [1.807, 2.05) is 13.8 Å². The number of halogens is 3. The molecule has 0 N–H and O–H groups in total. The molecule has 10 heteroatoms. The lowest BCUT2D eigenvalue weighted by Gasteiger charge is -2.48. The molecule has 1 aromatic carbocycles. The van der Waals surface area contributed by atoms with E-state index in [1.54, 1.807) is 31.3 Å². The maximum Gasteiger partial charge on any atom is 0.416 e. The van der Waals surface area contributed by atoms with Gasteiger partial charge in [-0.3, -0.25) is 9.47 Å². The third kappa shape index (κ3) is 4.80. The summed E-state index contributed by atoms with van der Waals surface area (Å²) < 4.78 is 40.5. The van der Waals surface area contributed by atoms with Gasteiger partial charge in [-0.25, -0.2) is 4.79 Å². The number of piperazine rings is 1. The number of aryl methyl sites for hydroxylation is 1. The third-order valence-electron chi connectivity index (χ3n) is 7.03. The van der Waals surface area contributed by atoms with E-state index in [1.165, 1.54) is 4.57 Å². The second-order valence-corrected chi connectivity index (χ2v) is 9.36. The summed E-state index contributed by atoms with van der Waals surface area (Å²) in [6.45, 7) is 14.7. The lowest BCUT2D eigenvalue weighted by atomic mass is 9.97. The summed E-state index contributed by atoms with van der Waals surface area (Å²) in [6, 6.07) is 8.65. The van der Waals surface area contributed by atoms with Crippen LogP contribution in [0, 0.1) is 6.57 Å². The normalized spacial score (nSPS) is 19.9. The molecule has 1 aliphatic heterocycles. The van der Waals surface area contributed by atoms with E-state index < -0.39 is 17.4 Å². The zero-order chi connectivity index (χ0) is 26.2. The highest BCUT2D eigenvalue weighted by Gasteiger charge is 2.37. The van der Waals surface area contributed by atoms with Crippen molar-refractivity contribution in [3.05, 3.63) is 69.4 Å². The molecule has 4 rings (SSSR count). The predicted molar refractivity (Wildman–Crippen MR) is 133 cm³/mol. The Hall–Kier alpha value is -3.45. The molecule has 0 amide bonds. The Kier molecular flexibility index (Phi) is 7.05. The fourth-order valence-corrected chi connectivity index (χ4v) is 5.03. The summed E-state index contributed by atoms with van der Waals surface area (Å²) >= 11 is 0. The van der Waals surface area contributed by atoms with Gasteiger partial charge >= 0.3 is 11.9 Å². The van der Waals surface area contributed by atoms with E-state index in [0.29, 0.717) is 29.9 Å². The van der Waals surface area contributed by atoms with Crippen LogP contribution in [0.5, 0.6) is 0 Å². The lowest BCUT2D eigenvalue weighted by Crippen LogP contribution is -2.58. The highest BCUT2D eigenvalue weighted by molar-refractivity contribution is 5.87. The minimum absolute atomic E-state index is 0.0452. The van der Waals surface area contributed by atoms with Crippen molar-refractivity contribution in [2.75, 3.05) is 18.0 Å². The summed E-state index contributed by atoms with van der Waals surface area (Å²) in [6.07, 6.45) is -2.57. The topological polar surface area (TPSA) is 58.6 Å². The van der Waals surface area contributed by atoms with Crippen LogP contribution >= 0.6 is 0 Å². The summed E-state index contributed by atoms with van der Waals surface area (Å²) in [5.74, 6) is 0.700. The van der Waals surface area contributed by atoms with E-state index in [2.05, 4.69) is 31.5 Å². The molecule has 7 nitrogen and oxygen atoms in total. The van der Waals surface area contributed by atoms with Gasteiger partial charge in [-0.05, 0) is 50.1 Å². The fraction of sp³-hybridized carbons (Fsp3) is 0.462. The maximum absolute atomic E-state index is 13.0. The predicted octanol–water partition coefficient (Wildman–Crippen LogP) is 5.34. The van der Waals surface area contributed by atoms with Crippen LogP contribution in [0.1, 0.15) is 50.8 Å². The van der Waals surface area contributed by atoms with Gasteiger partial charge < -0.3 is 9.74 Å². The van der Waals surface area contributed by atoms with E-state index in [9.17, 15) is 18.0 Å². The number of hydrogen-bond acceptors (Lipinski definition) is 5. The first-order chi connectivity index (χ1) is 17.0. The minimum atomic E-state index is -4.36. The Morgan fingerprint density at radius 1 is 1.14 bits per heavy atom. The number of benzene rings is 1. The average molecular weight is 499 g/mol. The Balaban J connectivity index is 1.69. The highest BCUT2D eigenvalue weighted by atomic mass is 19.4. The zero-order valence-electron chi connectivity index (χ0n) is 20.8. The molecule has 0 spiro atoms. The number of rotatable bonds is 5. The number of pyridine rings is 1. The molecule has 190 valence electrons. The van der Waals surface area contributed by atoms with Gasteiger partial charge in [0.1, 0.15) is 0 Å². The summed E-state index contributed by atoms with van der Waals surface area (Å²) in [7, 11) is 1.63. The Morgan fingerprint density at radius 2 is 1.83 bits per heavy atom. The number of anilines is 1. The number of fused-ring (bicyclic) bond motifs is 1. The fourth-order valence-electron chi connectivity index (χ4n) is 5.03. The van der Waals surface area contributed by atoms with Gasteiger partial charge in [0, 0.05) is 38.3 Å². The summed E-state index contributed by atoms with van der Waals surface area (Å²) in [5.41, 5.74) is 0.894. The van der Waals surface area contributed by atoms with Crippen LogP contribution in [0.15, 0.2) is 41.2 Å². The van der Waals surface area contributed by atoms with E-state index >= 15 is 0 Å². The van der Waals surface area contributed by atoms with Gasteiger partial charge in [-0.1, -0.05) is 32.0 Å². The van der Waals surface area contributed by atoms with Crippen LogP contribution < -0.4 is 10.6 Å². The second kappa shape index (κ2) is 9.90. The van der Waals surface area contributed by atoms with E-state index in [-0.39, 0.29) is 23.9 Å². The standard InChI is InChI=1S/C26H29F3N6O/c1-6-7-20-15-34(24-23-21(33(5)25(36)32-24)12-13-22(30-4)31-23)16(2)14-35(20)17(3)18-8-10-19(11-9-18)26(27,28)29/h8-13,16-17,20H,6-7,14-15H2,1-3,5H3. The Bertz CT molecular complexity index is 1350. The summed E-state index contributed by atoms with van der Waals surface area (Å²) in [4.78, 5) is 29.3. The van der Waals surface area contributed by atoms with Crippen LogP contribution in [0.25, 0.3) is 15.9 Å². The molecular formula is C26H29F3N6O. The Morgan fingerprint density at radius 3 is 2.44 bits per heavy atom. The van der Waals surface area contributed by atoms with Crippen LogP contribution in [0.3, 0.4) is 0 Å². The third-order valence-corrected chi connectivity index (χ3v) is 7.03. The summed E-state index contributed by atoms with van der Waals surface area (Å²) in [5, 5.41) is 0. The van der Waals surface area contributed by atoms with Gasteiger partial charge in [0.05, 0.1) is 11.1 Å². The van der Waals surface area contributed by atoms with Gasteiger partial charge in [-0.15, -0.1) is 4.98 Å². The number of alkyl halides is 3. The van der Waals surface area contributed by atoms with Crippen molar-refractivity contribution in [1.29, 1.82) is 0 Å². The molecule has 36 heavy (non-hydrogen) atoms. The molecule has 3 unspecified atom stereocenters. The van der Waals surface area contributed by atoms with Crippen LogP contribution in [-0.4, -0.2) is 44.6 Å². The largest absolute Gasteiger partial charge is 0.416 e. The van der Waals surface area contributed by atoms with Crippen molar-refractivity contribution in [3.63, 3.8) is 0 Å². The number of hydrogen-bond donors (Lipinski definition) is 0. The smallest absolute Gasteiger partial charge is 0.361 e. The molecular weight excluding hydrogens is 469 g/mol. The lowest BCUT2D eigenvalue weighted by molar-refractivity contribution is -0.137. The zero-order valence-corrected chi connectivity index (χ0v) is 20.8. The maximum atomic E-state index is 13.0. The highest BCUT2D eigenvalue weighted by Crippen LogP contribution is 2.35. The van der Waals surface area contributed by atoms with Crippen molar-refractivity contribution in [2.45, 2.75) is 57.9 Å². The van der Waals surface area contributed by atoms with Gasteiger partial charge in [0.2, 0.25) is 5.52 Å². The molecule has 2 aromatic heterocycles. The second-order valence-electron chi connectivity index (χ2n) is 9.36. The van der Waals surface area contributed by atoms with E-state index in [4.69, 9.17) is 6.57 Å². The van der Waals surface area contributed by atoms with Crippen LogP contribution in [-0.2, 0) is 13.2 Å².